The molecule has 1 fully saturated rings. The Kier molecular flexibility index (Phi) is 9.81. The minimum Gasteiger partial charge on any atom is -0.352 e. The van der Waals surface area contributed by atoms with Crippen molar-refractivity contribution in [3.63, 3.8) is 0 Å². The number of sulfonamides is 1. The minimum atomic E-state index is -4.25. The van der Waals surface area contributed by atoms with Gasteiger partial charge in [0.15, 0.2) is 0 Å². The molecule has 0 bridgehead atoms. The van der Waals surface area contributed by atoms with Crippen LogP contribution in [0.5, 0.6) is 0 Å². The summed E-state index contributed by atoms with van der Waals surface area (Å²) in [5.41, 5.74) is 0.831. The van der Waals surface area contributed by atoms with E-state index in [0.29, 0.717) is 6.42 Å². The standard InChI is InChI=1S/C30H33ClFN3O4S/c1-2-28(30(37)33-23-13-9-10-14-23)34(20-22-11-5-3-6-12-22)29(36)21-35(24-17-18-27(32)26(31)19-24)40(38,39)25-15-7-4-8-16-25/h3-8,11-12,15-19,23,28H,2,9-10,13-14,20-21H2,1H3,(H,33,37)/t28-/m0/s1. The number of halogens is 2. The van der Waals surface area contributed by atoms with Gasteiger partial charge in [-0.3, -0.25) is 13.9 Å². The highest BCUT2D eigenvalue weighted by Crippen LogP contribution is 2.28. The highest BCUT2D eigenvalue weighted by atomic mass is 35.5. The fourth-order valence-electron chi connectivity index (χ4n) is 4.96. The lowest BCUT2D eigenvalue weighted by Crippen LogP contribution is -2.53. The van der Waals surface area contributed by atoms with E-state index in [1.54, 1.807) is 18.2 Å². The van der Waals surface area contributed by atoms with Crippen LogP contribution in [0.4, 0.5) is 10.1 Å². The molecule has 0 heterocycles. The third-order valence-electron chi connectivity index (χ3n) is 7.08. The number of nitrogens with one attached hydrogen (secondary N) is 1. The number of anilines is 1. The maximum atomic E-state index is 14.0. The van der Waals surface area contributed by atoms with Crippen molar-refractivity contribution in [2.45, 2.75) is 62.6 Å². The van der Waals surface area contributed by atoms with Crippen LogP contribution >= 0.6 is 11.6 Å². The van der Waals surface area contributed by atoms with Gasteiger partial charge in [0, 0.05) is 12.6 Å². The van der Waals surface area contributed by atoms with Crippen LogP contribution in [-0.2, 0) is 26.2 Å². The Morgan fingerprint density at radius 3 is 2.23 bits per heavy atom. The van der Waals surface area contributed by atoms with Gasteiger partial charge in [-0.1, -0.05) is 79.9 Å². The summed E-state index contributed by atoms with van der Waals surface area (Å²) < 4.78 is 42.5. The Balaban J connectivity index is 1.71. The first-order chi connectivity index (χ1) is 19.2. The second-order valence-electron chi connectivity index (χ2n) is 9.84. The molecule has 0 unspecified atom stereocenters. The van der Waals surface area contributed by atoms with Crippen molar-refractivity contribution in [3.8, 4) is 0 Å². The van der Waals surface area contributed by atoms with E-state index in [2.05, 4.69) is 5.32 Å². The second-order valence-corrected chi connectivity index (χ2v) is 12.1. The fraction of sp³-hybridized carbons (Fsp3) is 0.333. The Hall–Kier alpha value is -3.43. The number of carbonyl (C=O) groups excluding carboxylic acids is 2. The number of rotatable bonds is 11. The predicted octanol–water partition coefficient (Wildman–Crippen LogP) is 5.54. The van der Waals surface area contributed by atoms with Gasteiger partial charge in [-0.2, -0.15) is 0 Å². The molecule has 0 aromatic heterocycles. The molecule has 3 aromatic rings. The van der Waals surface area contributed by atoms with Gasteiger partial charge in [-0.05, 0) is 55.2 Å². The molecule has 0 aliphatic heterocycles. The molecule has 1 aliphatic carbocycles. The molecule has 1 N–H and O–H groups in total. The number of benzene rings is 3. The monoisotopic (exact) mass is 585 g/mol. The van der Waals surface area contributed by atoms with Gasteiger partial charge in [0.2, 0.25) is 11.8 Å². The lowest BCUT2D eigenvalue weighted by atomic mass is 10.1. The molecule has 4 rings (SSSR count). The van der Waals surface area contributed by atoms with Crippen LogP contribution in [0.15, 0.2) is 83.8 Å². The number of amides is 2. The summed E-state index contributed by atoms with van der Waals surface area (Å²) >= 11 is 6.01. The molecule has 7 nitrogen and oxygen atoms in total. The molecular weight excluding hydrogens is 553 g/mol. The van der Waals surface area contributed by atoms with Gasteiger partial charge < -0.3 is 10.2 Å². The smallest absolute Gasteiger partial charge is 0.264 e. The molecule has 1 atom stereocenters. The van der Waals surface area contributed by atoms with E-state index < -0.39 is 34.3 Å². The molecule has 3 aromatic carbocycles. The SMILES string of the molecule is CC[C@@H](C(=O)NC1CCCC1)N(Cc1ccccc1)C(=O)CN(c1ccc(F)c(Cl)c1)S(=O)(=O)c1ccccc1. The van der Waals surface area contributed by atoms with Gasteiger partial charge in [0.1, 0.15) is 18.4 Å². The van der Waals surface area contributed by atoms with Gasteiger partial charge in [0.25, 0.3) is 10.0 Å². The van der Waals surface area contributed by atoms with Crippen LogP contribution in [0.1, 0.15) is 44.6 Å². The van der Waals surface area contributed by atoms with E-state index >= 15 is 0 Å². The van der Waals surface area contributed by atoms with E-state index in [4.69, 9.17) is 11.6 Å². The van der Waals surface area contributed by atoms with Crippen LogP contribution in [0, 0.1) is 5.82 Å². The highest BCUT2D eigenvalue weighted by Gasteiger charge is 2.34. The summed E-state index contributed by atoms with van der Waals surface area (Å²) in [5.74, 6) is -1.55. The normalized spacial score (nSPS) is 14.5. The van der Waals surface area contributed by atoms with E-state index in [0.717, 1.165) is 41.6 Å². The van der Waals surface area contributed by atoms with Crippen molar-refractivity contribution in [2.24, 2.45) is 0 Å². The van der Waals surface area contributed by atoms with Crippen LogP contribution in [0.3, 0.4) is 0 Å². The van der Waals surface area contributed by atoms with Crippen molar-refractivity contribution < 1.29 is 22.4 Å². The Morgan fingerprint density at radius 1 is 1.00 bits per heavy atom. The second kappa shape index (κ2) is 13.3. The maximum absolute atomic E-state index is 14.0. The van der Waals surface area contributed by atoms with Gasteiger partial charge >= 0.3 is 0 Å². The number of hydrogen-bond donors (Lipinski definition) is 1. The quantitative estimate of drug-likeness (QED) is 0.320. The minimum absolute atomic E-state index is 0.0340. The zero-order valence-electron chi connectivity index (χ0n) is 22.3. The van der Waals surface area contributed by atoms with Gasteiger partial charge in [-0.25, -0.2) is 12.8 Å². The summed E-state index contributed by atoms with van der Waals surface area (Å²) in [6, 6.07) is 19.6. The molecule has 2 amide bonds. The average molecular weight is 586 g/mol. The van der Waals surface area contributed by atoms with Crippen molar-refractivity contribution >= 4 is 39.1 Å². The molecular formula is C30H33ClFN3O4S. The van der Waals surface area contributed by atoms with Crippen LogP contribution in [0.25, 0.3) is 0 Å². The molecule has 212 valence electrons. The lowest BCUT2D eigenvalue weighted by Gasteiger charge is -2.33. The van der Waals surface area contributed by atoms with Crippen molar-refractivity contribution in [1.82, 2.24) is 10.2 Å². The van der Waals surface area contributed by atoms with E-state index in [9.17, 15) is 22.4 Å². The summed E-state index contributed by atoms with van der Waals surface area (Å²) in [6.07, 6.45) is 4.21. The summed E-state index contributed by atoms with van der Waals surface area (Å²) in [5, 5.41) is 2.81. The average Bonchev–Trinajstić information content (AvgIpc) is 3.47. The molecule has 10 heteroatoms. The Bertz CT molecular complexity index is 1420. The number of nitrogens with zero attached hydrogens (tertiary/aromatic N) is 2. The van der Waals surface area contributed by atoms with Crippen molar-refractivity contribution in [2.75, 3.05) is 10.8 Å². The summed E-state index contributed by atoms with van der Waals surface area (Å²) in [6.45, 7) is 1.32. The van der Waals surface area contributed by atoms with Crippen LogP contribution in [-0.4, -0.2) is 43.8 Å². The van der Waals surface area contributed by atoms with Crippen molar-refractivity contribution in [1.29, 1.82) is 0 Å². The summed E-state index contributed by atoms with van der Waals surface area (Å²) in [4.78, 5) is 28.9. The third kappa shape index (κ3) is 7.01. The zero-order chi connectivity index (χ0) is 28.7. The first-order valence-electron chi connectivity index (χ1n) is 13.4. The fourth-order valence-corrected chi connectivity index (χ4v) is 6.56. The predicted molar refractivity (Wildman–Crippen MR) is 154 cm³/mol. The summed E-state index contributed by atoms with van der Waals surface area (Å²) in [7, 11) is -4.25. The number of hydrogen-bond acceptors (Lipinski definition) is 4. The van der Waals surface area contributed by atoms with E-state index in [1.807, 2.05) is 37.3 Å². The Labute approximate surface area is 240 Å². The van der Waals surface area contributed by atoms with Gasteiger partial charge in [0.05, 0.1) is 15.6 Å². The molecule has 40 heavy (non-hydrogen) atoms. The lowest BCUT2D eigenvalue weighted by molar-refractivity contribution is -0.140. The number of carbonyl (C=O) groups is 2. The third-order valence-corrected chi connectivity index (χ3v) is 9.16. The molecule has 1 aliphatic rings. The largest absolute Gasteiger partial charge is 0.352 e. The molecule has 0 spiro atoms. The van der Waals surface area contributed by atoms with Crippen LogP contribution < -0.4 is 9.62 Å². The van der Waals surface area contributed by atoms with Crippen molar-refractivity contribution in [3.05, 3.63) is 95.3 Å². The maximum Gasteiger partial charge on any atom is 0.264 e. The van der Waals surface area contributed by atoms with E-state index in [-0.39, 0.29) is 34.1 Å². The first kappa shape index (κ1) is 29.6. The molecule has 1 saturated carbocycles. The molecule has 0 saturated heterocycles. The molecule has 0 radical (unpaired) electrons. The topological polar surface area (TPSA) is 86.8 Å². The van der Waals surface area contributed by atoms with E-state index in [1.165, 1.54) is 29.2 Å². The highest BCUT2D eigenvalue weighted by molar-refractivity contribution is 7.92. The zero-order valence-corrected chi connectivity index (χ0v) is 23.9. The Morgan fingerprint density at radius 2 is 1.62 bits per heavy atom. The van der Waals surface area contributed by atoms with Crippen LogP contribution in [0.2, 0.25) is 5.02 Å². The first-order valence-corrected chi connectivity index (χ1v) is 15.2. The van der Waals surface area contributed by atoms with Gasteiger partial charge in [-0.15, -0.1) is 0 Å².